The fraction of sp³-hybridized carbons (Fsp3) is 0.273. The van der Waals surface area contributed by atoms with Crippen LogP contribution in [-0.2, 0) is 6.42 Å². The molecule has 0 saturated carbocycles. The summed E-state index contributed by atoms with van der Waals surface area (Å²) in [4.78, 5) is 29.4. The fourth-order valence-electron chi connectivity index (χ4n) is 3.75. The molecule has 7 heteroatoms. The number of carbonyl (C=O) groups is 1. The lowest BCUT2D eigenvalue weighted by molar-refractivity contribution is 0.0742. The van der Waals surface area contributed by atoms with Gasteiger partial charge in [0.25, 0.3) is 5.91 Å². The van der Waals surface area contributed by atoms with E-state index >= 15 is 0 Å². The maximum atomic E-state index is 13.0. The van der Waals surface area contributed by atoms with Crippen molar-refractivity contribution in [1.29, 1.82) is 0 Å². The summed E-state index contributed by atoms with van der Waals surface area (Å²) in [6, 6.07) is 13.0. The summed E-state index contributed by atoms with van der Waals surface area (Å²) in [5.74, 6) is -0.333. The molecule has 0 radical (unpaired) electrons. The predicted molar refractivity (Wildman–Crippen MR) is 116 cm³/mol. The van der Waals surface area contributed by atoms with Crippen molar-refractivity contribution in [1.82, 2.24) is 4.90 Å². The lowest BCUT2D eigenvalue weighted by Gasteiger charge is -2.36. The average Bonchev–Trinajstić information content (AvgIpc) is 2.73. The van der Waals surface area contributed by atoms with E-state index in [4.69, 9.17) is 27.6 Å². The van der Waals surface area contributed by atoms with Gasteiger partial charge in [0.2, 0.25) is 0 Å². The summed E-state index contributed by atoms with van der Waals surface area (Å²) in [7, 11) is 0. The van der Waals surface area contributed by atoms with E-state index in [0.717, 1.165) is 6.42 Å². The summed E-state index contributed by atoms with van der Waals surface area (Å²) in [5, 5.41) is 1.19. The van der Waals surface area contributed by atoms with Crippen LogP contribution in [0.1, 0.15) is 22.8 Å². The number of rotatable bonds is 3. The van der Waals surface area contributed by atoms with E-state index in [2.05, 4.69) is 24.0 Å². The highest BCUT2D eigenvalue weighted by molar-refractivity contribution is 6.38. The Labute approximate surface area is 178 Å². The van der Waals surface area contributed by atoms with Crippen LogP contribution in [0.2, 0.25) is 10.0 Å². The van der Waals surface area contributed by atoms with Crippen LogP contribution in [0.3, 0.4) is 0 Å². The number of piperazine rings is 1. The minimum Gasteiger partial charge on any atom is -0.421 e. The minimum absolute atomic E-state index is 0.00163. The molecule has 2 aromatic carbocycles. The third kappa shape index (κ3) is 3.85. The van der Waals surface area contributed by atoms with Crippen molar-refractivity contribution in [3.05, 3.63) is 74.1 Å². The van der Waals surface area contributed by atoms with Crippen LogP contribution in [-0.4, -0.2) is 37.0 Å². The summed E-state index contributed by atoms with van der Waals surface area (Å²) >= 11 is 12.1. The molecule has 1 aliphatic heterocycles. The molecule has 0 bridgehead atoms. The van der Waals surface area contributed by atoms with Crippen LogP contribution in [0.15, 0.2) is 51.7 Å². The van der Waals surface area contributed by atoms with Crippen molar-refractivity contribution in [3.8, 4) is 0 Å². The van der Waals surface area contributed by atoms with Gasteiger partial charge in [0.05, 0.1) is 5.02 Å². The molecule has 1 amide bonds. The number of para-hydroxylation sites is 1. The SMILES string of the molecule is CCc1ccccc1N1CCN(C(=O)c2cc3cc(Cl)cc(Cl)c3oc2=O)CC1. The zero-order valence-electron chi connectivity index (χ0n) is 16.0. The van der Waals surface area contributed by atoms with Crippen molar-refractivity contribution in [2.24, 2.45) is 0 Å². The highest BCUT2D eigenvalue weighted by atomic mass is 35.5. The Morgan fingerprint density at radius 1 is 1.07 bits per heavy atom. The Kier molecular flexibility index (Phi) is 5.52. The number of fused-ring (bicyclic) bond motifs is 1. The maximum absolute atomic E-state index is 13.0. The van der Waals surface area contributed by atoms with Gasteiger partial charge in [-0.05, 0) is 36.2 Å². The normalized spacial score (nSPS) is 14.4. The number of benzene rings is 2. The van der Waals surface area contributed by atoms with Gasteiger partial charge in [0, 0.05) is 42.3 Å². The van der Waals surface area contributed by atoms with E-state index in [-0.39, 0.29) is 22.1 Å². The van der Waals surface area contributed by atoms with Gasteiger partial charge in [0.1, 0.15) is 5.56 Å². The Morgan fingerprint density at radius 3 is 2.52 bits per heavy atom. The van der Waals surface area contributed by atoms with Gasteiger partial charge < -0.3 is 14.2 Å². The number of nitrogens with zero attached hydrogens (tertiary/aromatic N) is 2. The second-order valence-corrected chi connectivity index (χ2v) is 7.86. The van der Waals surface area contributed by atoms with Crippen LogP contribution in [0.5, 0.6) is 0 Å². The molecule has 1 aromatic heterocycles. The summed E-state index contributed by atoms with van der Waals surface area (Å²) in [6.07, 6.45) is 0.957. The molecule has 0 aliphatic carbocycles. The van der Waals surface area contributed by atoms with E-state index in [1.54, 1.807) is 11.0 Å². The number of aryl methyl sites for hydroxylation is 1. The molecule has 1 fully saturated rings. The van der Waals surface area contributed by atoms with Crippen LogP contribution in [0.4, 0.5) is 5.69 Å². The molecule has 4 rings (SSSR count). The molecule has 0 unspecified atom stereocenters. The topological polar surface area (TPSA) is 53.8 Å². The molecule has 1 saturated heterocycles. The molecule has 2 heterocycles. The first-order valence-electron chi connectivity index (χ1n) is 9.53. The fourth-order valence-corrected chi connectivity index (χ4v) is 4.29. The number of halogens is 2. The summed E-state index contributed by atoms with van der Waals surface area (Å²) in [5.41, 5.74) is 2.04. The molecule has 5 nitrogen and oxygen atoms in total. The molecule has 0 N–H and O–H groups in total. The van der Waals surface area contributed by atoms with E-state index in [9.17, 15) is 9.59 Å². The van der Waals surface area contributed by atoms with E-state index < -0.39 is 5.63 Å². The second kappa shape index (κ2) is 8.09. The van der Waals surface area contributed by atoms with Crippen LogP contribution < -0.4 is 10.5 Å². The predicted octanol–water partition coefficient (Wildman–Crippen LogP) is 4.62. The van der Waals surface area contributed by atoms with Gasteiger partial charge in [-0.15, -0.1) is 0 Å². The summed E-state index contributed by atoms with van der Waals surface area (Å²) < 4.78 is 5.31. The monoisotopic (exact) mass is 430 g/mol. The smallest absolute Gasteiger partial charge is 0.349 e. The first-order valence-corrected chi connectivity index (χ1v) is 10.3. The van der Waals surface area contributed by atoms with Crippen molar-refractivity contribution in [3.63, 3.8) is 0 Å². The molecule has 1 aliphatic rings. The van der Waals surface area contributed by atoms with Crippen LogP contribution in [0, 0.1) is 0 Å². The molecule has 150 valence electrons. The van der Waals surface area contributed by atoms with Crippen molar-refractivity contribution >= 4 is 45.8 Å². The number of carbonyl (C=O) groups excluding carboxylic acids is 1. The Bertz CT molecular complexity index is 1130. The zero-order valence-corrected chi connectivity index (χ0v) is 17.5. The number of amides is 1. The zero-order chi connectivity index (χ0) is 20.5. The summed E-state index contributed by atoms with van der Waals surface area (Å²) in [6.45, 7) is 4.62. The minimum atomic E-state index is -0.689. The van der Waals surface area contributed by atoms with Crippen molar-refractivity contribution in [2.45, 2.75) is 13.3 Å². The Balaban J connectivity index is 1.56. The molecule has 0 spiro atoms. The van der Waals surface area contributed by atoms with Gasteiger partial charge in [-0.1, -0.05) is 48.3 Å². The largest absolute Gasteiger partial charge is 0.421 e. The molecule has 3 aromatic rings. The van der Waals surface area contributed by atoms with E-state index in [0.29, 0.717) is 36.6 Å². The number of anilines is 1. The molecule has 29 heavy (non-hydrogen) atoms. The van der Waals surface area contributed by atoms with Gasteiger partial charge >= 0.3 is 5.63 Å². The van der Waals surface area contributed by atoms with Crippen molar-refractivity contribution < 1.29 is 9.21 Å². The lowest BCUT2D eigenvalue weighted by atomic mass is 10.1. The van der Waals surface area contributed by atoms with Gasteiger partial charge in [-0.2, -0.15) is 0 Å². The quantitative estimate of drug-likeness (QED) is 0.568. The Morgan fingerprint density at radius 2 is 1.79 bits per heavy atom. The Hall–Kier alpha value is -2.50. The van der Waals surface area contributed by atoms with E-state index in [1.165, 1.54) is 23.4 Å². The molecular weight excluding hydrogens is 411 g/mol. The number of hydrogen-bond donors (Lipinski definition) is 0. The lowest BCUT2D eigenvalue weighted by Crippen LogP contribution is -2.49. The van der Waals surface area contributed by atoms with Crippen molar-refractivity contribution in [2.75, 3.05) is 31.1 Å². The third-order valence-corrected chi connectivity index (χ3v) is 5.76. The third-order valence-electron chi connectivity index (χ3n) is 5.26. The molecular formula is C22H20Cl2N2O3. The van der Waals surface area contributed by atoms with Crippen LogP contribution in [0.25, 0.3) is 11.0 Å². The highest BCUT2D eigenvalue weighted by Crippen LogP contribution is 2.28. The van der Waals surface area contributed by atoms with Gasteiger partial charge in [-0.25, -0.2) is 4.79 Å². The van der Waals surface area contributed by atoms with E-state index in [1.807, 2.05) is 12.1 Å². The standard InChI is InChI=1S/C22H20Cl2N2O3/c1-2-14-5-3-4-6-19(14)25-7-9-26(10-8-25)21(27)17-12-15-11-16(23)13-18(24)20(15)29-22(17)28/h3-6,11-13H,2,7-10H2,1H3. The van der Waals surface area contributed by atoms with Crippen LogP contribution >= 0.6 is 23.2 Å². The molecule has 0 atom stereocenters. The first kappa shape index (κ1) is 19.8. The first-order chi connectivity index (χ1) is 14.0. The maximum Gasteiger partial charge on any atom is 0.349 e. The second-order valence-electron chi connectivity index (χ2n) is 7.02. The average molecular weight is 431 g/mol. The highest BCUT2D eigenvalue weighted by Gasteiger charge is 2.26. The number of hydrogen-bond acceptors (Lipinski definition) is 4. The van der Waals surface area contributed by atoms with Gasteiger partial charge in [0.15, 0.2) is 5.58 Å². The van der Waals surface area contributed by atoms with Gasteiger partial charge in [-0.3, -0.25) is 4.79 Å².